The van der Waals surface area contributed by atoms with Gasteiger partial charge in [0.1, 0.15) is 4.88 Å². The number of rotatable bonds is 4. The Morgan fingerprint density at radius 1 is 1.43 bits per heavy atom. The molecule has 1 aromatic carbocycles. The van der Waals surface area contributed by atoms with Gasteiger partial charge in [-0.3, -0.25) is 14.4 Å². The van der Waals surface area contributed by atoms with Crippen LogP contribution in [-0.2, 0) is 11.3 Å². The maximum atomic E-state index is 11.6. The minimum atomic E-state index is -0.415. The number of carbonyl (C=O) groups excluding carboxylic acids is 1. The molecule has 2 aromatic rings. The van der Waals surface area contributed by atoms with Gasteiger partial charge in [0.15, 0.2) is 0 Å². The van der Waals surface area contributed by atoms with Gasteiger partial charge >= 0.3 is 10.8 Å². The van der Waals surface area contributed by atoms with E-state index in [4.69, 9.17) is 0 Å². The second-order valence-electron chi connectivity index (χ2n) is 4.10. The van der Waals surface area contributed by atoms with Crippen LogP contribution in [0.4, 0.5) is 5.69 Å². The zero-order chi connectivity index (χ0) is 15.4. The highest BCUT2D eigenvalue weighted by molar-refractivity contribution is 7.11. The monoisotopic (exact) mass is 306 g/mol. The first kappa shape index (κ1) is 15.0. The number of aromatic nitrogens is 1. The van der Waals surface area contributed by atoms with Gasteiger partial charge in [-0.15, -0.1) is 0 Å². The molecule has 0 aliphatic carbocycles. The molecule has 0 fully saturated rings. The largest absolute Gasteiger partial charge is 0.493 e. The lowest BCUT2D eigenvalue weighted by Crippen LogP contribution is -2.09. The topological polar surface area (TPSA) is 80.9 Å². The van der Waals surface area contributed by atoms with Crippen LogP contribution in [0.1, 0.15) is 22.2 Å². The van der Waals surface area contributed by atoms with Crippen molar-refractivity contribution in [1.82, 2.24) is 4.57 Å². The summed E-state index contributed by atoms with van der Waals surface area (Å²) in [5.74, 6) is -0.496. The van der Waals surface area contributed by atoms with Crippen molar-refractivity contribution in [2.45, 2.75) is 13.5 Å². The molecule has 6 nitrogen and oxygen atoms in total. The highest BCUT2D eigenvalue weighted by atomic mass is 32.1. The van der Waals surface area contributed by atoms with Crippen molar-refractivity contribution < 1.29 is 14.6 Å². The molecule has 0 spiro atoms. The Morgan fingerprint density at radius 3 is 2.62 bits per heavy atom. The SMILES string of the molecule is CCn1c(O)c(C=Nc2ccc(C(=O)OC)cc2)sc1=O. The van der Waals surface area contributed by atoms with Crippen LogP contribution in [0.5, 0.6) is 5.88 Å². The average Bonchev–Trinajstić information content (AvgIpc) is 2.78. The molecular weight excluding hydrogens is 292 g/mol. The zero-order valence-corrected chi connectivity index (χ0v) is 12.4. The molecule has 0 unspecified atom stereocenters. The molecule has 1 N–H and O–H groups in total. The van der Waals surface area contributed by atoms with Crippen LogP contribution in [0, 0.1) is 0 Å². The molecule has 110 valence electrons. The van der Waals surface area contributed by atoms with Crippen molar-refractivity contribution >= 4 is 29.2 Å². The van der Waals surface area contributed by atoms with Crippen molar-refractivity contribution in [3.05, 3.63) is 44.4 Å². The van der Waals surface area contributed by atoms with Crippen molar-refractivity contribution in [1.29, 1.82) is 0 Å². The summed E-state index contributed by atoms with van der Waals surface area (Å²) >= 11 is 0.930. The fourth-order valence-electron chi connectivity index (χ4n) is 1.71. The standard InChI is InChI=1S/C14H14N2O4S/c1-3-16-12(17)11(21-14(16)19)8-15-10-6-4-9(5-7-10)13(18)20-2/h4-8,17H,3H2,1-2H3. The van der Waals surface area contributed by atoms with Gasteiger partial charge in [-0.1, -0.05) is 11.3 Å². The normalized spacial score (nSPS) is 11.0. The summed E-state index contributed by atoms with van der Waals surface area (Å²) < 4.78 is 5.87. The van der Waals surface area contributed by atoms with Gasteiger partial charge in [0.25, 0.3) is 0 Å². The number of hydrogen-bond donors (Lipinski definition) is 1. The number of aromatic hydroxyl groups is 1. The van der Waals surface area contributed by atoms with Gasteiger partial charge in [0.2, 0.25) is 5.88 Å². The van der Waals surface area contributed by atoms with E-state index < -0.39 is 5.97 Å². The molecule has 0 radical (unpaired) electrons. The molecule has 2 rings (SSSR count). The predicted molar refractivity (Wildman–Crippen MR) is 81.0 cm³/mol. The van der Waals surface area contributed by atoms with Crippen LogP contribution < -0.4 is 4.87 Å². The first-order valence-electron chi connectivity index (χ1n) is 6.21. The van der Waals surface area contributed by atoms with Crippen LogP contribution in [0.15, 0.2) is 34.1 Å². The summed E-state index contributed by atoms with van der Waals surface area (Å²) in [6.45, 7) is 2.18. The van der Waals surface area contributed by atoms with E-state index in [0.29, 0.717) is 22.7 Å². The molecular formula is C14H14N2O4S. The molecule has 0 saturated heterocycles. The lowest BCUT2D eigenvalue weighted by Gasteiger charge is -1.99. The second-order valence-corrected chi connectivity index (χ2v) is 5.09. The smallest absolute Gasteiger partial charge is 0.337 e. The fourth-order valence-corrected chi connectivity index (χ4v) is 2.53. The van der Waals surface area contributed by atoms with Gasteiger partial charge in [-0.05, 0) is 31.2 Å². The number of esters is 1. The first-order chi connectivity index (χ1) is 10.1. The van der Waals surface area contributed by atoms with Crippen molar-refractivity contribution in [2.75, 3.05) is 7.11 Å². The van der Waals surface area contributed by atoms with E-state index in [9.17, 15) is 14.7 Å². The van der Waals surface area contributed by atoms with E-state index in [1.54, 1.807) is 31.2 Å². The van der Waals surface area contributed by atoms with Gasteiger partial charge in [-0.25, -0.2) is 4.79 Å². The molecule has 21 heavy (non-hydrogen) atoms. The second kappa shape index (κ2) is 6.36. The minimum Gasteiger partial charge on any atom is -0.493 e. The minimum absolute atomic E-state index is 0.0811. The summed E-state index contributed by atoms with van der Waals surface area (Å²) in [4.78, 5) is 27.2. The summed E-state index contributed by atoms with van der Waals surface area (Å²) in [5, 5.41) is 9.86. The summed E-state index contributed by atoms with van der Waals surface area (Å²) in [7, 11) is 1.32. The third-order valence-electron chi connectivity index (χ3n) is 2.83. The maximum absolute atomic E-state index is 11.6. The predicted octanol–water partition coefficient (Wildman–Crippen LogP) is 2.17. The molecule has 0 atom stereocenters. The van der Waals surface area contributed by atoms with Crippen molar-refractivity contribution in [3.63, 3.8) is 0 Å². The number of hydrogen-bond acceptors (Lipinski definition) is 6. The molecule has 0 aliphatic rings. The number of nitrogens with zero attached hydrogens (tertiary/aromatic N) is 2. The molecule has 7 heteroatoms. The highest BCUT2D eigenvalue weighted by Gasteiger charge is 2.10. The number of ether oxygens (including phenoxy) is 1. The fraction of sp³-hybridized carbons (Fsp3) is 0.214. The first-order valence-corrected chi connectivity index (χ1v) is 7.03. The van der Waals surface area contributed by atoms with E-state index >= 15 is 0 Å². The highest BCUT2D eigenvalue weighted by Crippen LogP contribution is 2.19. The summed E-state index contributed by atoms with van der Waals surface area (Å²) in [5.41, 5.74) is 1.03. The Kier molecular flexibility index (Phi) is 4.54. The quantitative estimate of drug-likeness (QED) is 0.693. The number of methoxy groups -OCH3 is 1. The van der Waals surface area contributed by atoms with Crippen molar-refractivity contribution in [2.24, 2.45) is 4.99 Å². The summed E-state index contributed by atoms with van der Waals surface area (Å²) in [6, 6.07) is 6.49. The maximum Gasteiger partial charge on any atom is 0.337 e. The molecule has 0 aliphatic heterocycles. The third kappa shape index (κ3) is 3.19. The van der Waals surface area contributed by atoms with Gasteiger partial charge in [0.05, 0.1) is 24.6 Å². The van der Waals surface area contributed by atoms with Gasteiger partial charge in [0, 0.05) is 6.54 Å². The number of carbonyl (C=O) groups is 1. The average molecular weight is 306 g/mol. The van der Waals surface area contributed by atoms with Crippen LogP contribution in [0.3, 0.4) is 0 Å². The van der Waals surface area contributed by atoms with Crippen molar-refractivity contribution in [3.8, 4) is 5.88 Å². The van der Waals surface area contributed by atoms with Gasteiger partial charge in [-0.2, -0.15) is 0 Å². The van der Waals surface area contributed by atoms with Crippen LogP contribution in [-0.4, -0.2) is 29.0 Å². The Labute approximate surface area is 125 Å². The van der Waals surface area contributed by atoms with E-state index in [2.05, 4.69) is 9.73 Å². The molecule has 0 amide bonds. The molecule has 0 bridgehead atoms. The van der Waals surface area contributed by atoms with E-state index in [-0.39, 0.29) is 10.8 Å². The van der Waals surface area contributed by atoms with Crippen LogP contribution >= 0.6 is 11.3 Å². The van der Waals surface area contributed by atoms with E-state index in [1.165, 1.54) is 17.9 Å². The molecule has 0 saturated carbocycles. The Balaban J connectivity index is 2.22. The Hall–Kier alpha value is -2.41. The van der Waals surface area contributed by atoms with E-state index in [0.717, 1.165) is 11.3 Å². The van der Waals surface area contributed by atoms with Gasteiger partial charge < -0.3 is 9.84 Å². The third-order valence-corrected chi connectivity index (χ3v) is 3.73. The lowest BCUT2D eigenvalue weighted by molar-refractivity contribution is 0.0601. The Morgan fingerprint density at radius 2 is 2.10 bits per heavy atom. The lowest BCUT2D eigenvalue weighted by atomic mass is 10.2. The Bertz CT molecular complexity index is 728. The number of benzene rings is 1. The summed E-state index contributed by atoms with van der Waals surface area (Å²) in [6.07, 6.45) is 1.43. The van der Waals surface area contributed by atoms with E-state index in [1.807, 2.05) is 0 Å². The molecule has 1 aromatic heterocycles. The molecule has 1 heterocycles. The van der Waals surface area contributed by atoms with Crippen LogP contribution in [0.2, 0.25) is 0 Å². The van der Waals surface area contributed by atoms with Crippen LogP contribution in [0.25, 0.3) is 0 Å². The number of thiazole rings is 1. The number of aliphatic imine (C=N–C) groups is 1. The zero-order valence-electron chi connectivity index (χ0n) is 11.6.